The molecule has 1 aromatic carbocycles. The van der Waals surface area contributed by atoms with E-state index in [1.54, 1.807) is 12.4 Å². The molecule has 0 fully saturated rings. The molecule has 0 saturated heterocycles. The summed E-state index contributed by atoms with van der Waals surface area (Å²) in [6.45, 7) is 3.45. The predicted molar refractivity (Wildman–Crippen MR) is 84.2 cm³/mol. The molecule has 1 aromatic heterocycles. The Morgan fingerprint density at radius 2 is 1.90 bits per heavy atom. The molecule has 3 nitrogen and oxygen atoms in total. The van der Waals surface area contributed by atoms with Gasteiger partial charge in [-0.2, -0.15) is 0 Å². The fraction of sp³-hybridized carbons (Fsp3) is 0.200. The summed E-state index contributed by atoms with van der Waals surface area (Å²) in [7, 11) is 0. The zero-order chi connectivity index (χ0) is 13.8. The number of pyridine rings is 1. The summed E-state index contributed by atoms with van der Waals surface area (Å²) in [6, 6.07) is 9.48. The zero-order valence-corrected chi connectivity index (χ0v) is 12.8. The van der Waals surface area contributed by atoms with Gasteiger partial charge in [-0.25, -0.2) is 0 Å². The summed E-state index contributed by atoms with van der Waals surface area (Å²) >= 11 is 6.06. The smallest absolute Gasteiger partial charge is 0.217 e. The van der Waals surface area contributed by atoms with Crippen molar-refractivity contribution in [3.63, 3.8) is 0 Å². The Kier molecular flexibility index (Phi) is 5.99. The first-order valence-corrected chi connectivity index (χ1v) is 6.42. The maximum absolute atomic E-state index is 11.2. The number of rotatable bonds is 3. The van der Waals surface area contributed by atoms with Gasteiger partial charge in [0, 0.05) is 24.3 Å². The van der Waals surface area contributed by atoms with Crippen LogP contribution in [0.4, 0.5) is 0 Å². The van der Waals surface area contributed by atoms with Crippen LogP contribution < -0.4 is 5.32 Å². The monoisotopic (exact) mass is 310 g/mol. The van der Waals surface area contributed by atoms with Crippen LogP contribution in [0, 0.1) is 0 Å². The lowest BCUT2D eigenvalue weighted by Crippen LogP contribution is -2.24. The van der Waals surface area contributed by atoms with Crippen LogP contribution in [-0.2, 0) is 4.79 Å². The van der Waals surface area contributed by atoms with Crippen LogP contribution in [0.25, 0.3) is 11.1 Å². The van der Waals surface area contributed by atoms with Gasteiger partial charge in [-0.3, -0.25) is 9.78 Å². The van der Waals surface area contributed by atoms with E-state index in [9.17, 15) is 4.79 Å². The third kappa shape index (κ3) is 3.95. The van der Waals surface area contributed by atoms with Gasteiger partial charge in [-0.15, -0.1) is 12.4 Å². The number of aromatic nitrogens is 1. The highest BCUT2D eigenvalue weighted by Crippen LogP contribution is 2.30. The average molecular weight is 311 g/mol. The number of carbonyl (C=O) groups excluding carboxylic acids is 1. The summed E-state index contributed by atoms with van der Waals surface area (Å²) in [5.41, 5.74) is 3.10. The summed E-state index contributed by atoms with van der Waals surface area (Å²) in [5, 5.41) is 3.54. The Morgan fingerprint density at radius 1 is 1.25 bits per heavy atom. The summed E-state index contributed by atoms with van der Waals surface area (Å²) in [4.78, 5) is 15.2. The van der Waals surface area contributed by atoms with Gasteiger partial charge < -0.3 is 5.32 Å². The minimum Gasteiger partial charge on any atom is -0.350 e. The van der Waals surface area contributed by atoms with E-state index in [-0.39, 0.29) is 24.4 Å². The quantitative estimate of drug-likeness (QED) is 0.930. The molecule has 2 aromatic rings. The van der Waals surface area contributed by atoms with Crippen LogP contribution >= 0.6 is 24.0 Å². The molecule has 0 aliphatic rings. The Balaban J connectivity index is 0.00000200. The average Bonchev–Trinajstić information content (AvgIpc) is 2.39. The first kappa shape index (κ1) is 16.5. The molecule has 1 N–H and O–H groups in total. The number of nitrogens with one attached hydrogen (secondary N) is 1. The third-order valence-electron chi connectivity index (χ3n) is 2.89. The number of benzene rings is 1. The third-order valence-corrected chi connectivity index (χ3v) is 3.13. The molecule has 0 aliphatic heterocycles. The molecule has 0 spiro atoms. The molecule has 1 atom stereocenters. The minimum absolute atomic E-state index is 0. The van der Waals surface area contributed by atoms with Crippen LogP contribution in [0.15, 0.2) is 42.7 Å². The number of nitrogens with zero attached hydrogens (tertiary/aromatic N) is 1. The fourth-order valence-corrected chi connectivity index (χ4v) is 2.25. The highest BCUT2D eigenvalue weighted by Gasteiger charge is 2.13. The normalized spacial score (nSPS) is 11.3. The molecule has 0 bridgehead atoms. The molecule has 0 radical (unpaired) electrons. The lowest BCUT2D eigenvalue weighted by Gasteiger charge is -2.18. The molecule has 0 saturated carbocycles. The maximum Gasteiger partial charge on any atom is 0.217 e. The Bertz CT molecular complexity index is 588. The van der Waals surface area contributed by atoms with E-state index in [2.05, 4.69) is 10.3 Å². The van der Waals surface area contributed by atoms with E-state index in [1.807, 2.05) is 37.3 Å². The van der Waals surface area contributed by atoms with Crippen molar-refractivity contribution in [2.24, 2.45) is 0 Å². The van der Waals surface area contributed by atoms with Gasteiger partial charge >= 0.3 is 0 Å². The first-order valence-electron chi connectivity index (χ1n) is 6.05. The maximum atomic E-state index is 11.2. The highest BCUT2D eigenvalue weighted by molar-refractivity contribution is 6.30. The van der Waals surface area contributed by atoms with Crippen molar-refractivity contribution in [2.45, 2.75) is 19.9 Å². The van der Waals surface area contributed by atoms with Crippen LogP contribution in [0.2, 0.25) is 5.02 Å². The van der Waals surface area contributed by atoms with E-state index in [0.717, 1.165) is 16.7 Å². The van der Waals surface area contributed by atoms with Crippen molar-refractivity contribution >= 4 is 29.9 Å². The fourth-order valence-electron chi connectivity index (χ4n) is 2.07. The number of hydrogen-bond donors (Lipinski definition) is 1. The second-order valence-electron chi connectivity index (χ2n) is 4.39. The number of hydrogen-bond acceptors (Lipinski definition) is 2. The molecule has 2 rings (SSSR count). The summed E-state index contributed by atoms with van der Waals surface area (Å²) < 4.78 is 0. The van der Waals surface area contributed by atoms with Crippen molar-refractivity contribution < 1.29 is 4.79 Å². The minimum atomic E-state index is -0.0978. The molecule has 0 aliphatic carbocycles. The Morgan fingerprint density at radius 3 is 2.50 bits per heavy atom. The molecule has 5 heteroatoms. The number of carbonyl (C=O) groups is 1. The van der Waals surface area contributed by atoms with E-state index >= 15 is 0 Å². The Hall–Kier alpha value is -1.58. The molecule has 1 heterocycles. The Labute approximate surface area is 129 Å². The van der Waals surface area contributed by atoms with Gasteiger partial charge in [0.05, 0.1) is 6.04 Å². The van der Waals surface area contributed by atoms with Crippen molar-refractivity contribution in [2.75, 3.05) is 0 Å². The van der Waals surface area contributed by atoms with Gasteiger partial charge in [-0.1, -0.05) is 17.7 Å². The predicted octanol–water partition coefficient (Wildman–Crippen LogP) is 4.02. The molecular formula is C15H16Cl2N2O. The van der Waals surface area contributed by atoms with Crippen molar-refractivity contribution in [3.05, 3.63) is 53.3 Å². The number of amides is 1. The molecule has 106 valence electrons. The lowest BCUT2D eigenvalue weighted by molar-refractivity contribution is -0.119. The van der Waals surface area contributed by atoms with Gasteiger partial charge in [0.25, 0.3) is 0 Å². The van der Waals surface area contributed by atoms with Gasteiger partial charge in [-0.05, 0) is 47.9 Å². The van der Waals surface area contributed by atoms with Crippen molar-refractivity contribution in [3.8, 4) is 11.1 Å². The second kappa shape index (κ2) is 7.27. The van der Waals surface area contributed by atoms with Crippen LogP contribution in [0.5, 0.6) is 0 Å². The number of halogens is 2. The second-order valence-corrected chi connectivity index (χ2v) is 4.83. The van der Waals surface area contributed by atoms with Crippen LogP contribution in [0.3, 0.4) is 0 Å². The van der Waals surface area contributed by atoms with E-state index in [1.165, 1.54) is 6.92 Å². The zero-order valence-electron chi connectivity index (χ0n) is 11.3. The largest absolute Gasteiger partial charge is 0.350 e. The van der Waals surface area contributed by atoms with Crippen molar-refractivity contribution in [1.82, 2.24) is 10.3 Å². The molecular weight excluding hydrogens is 295 g/mol. The first-order chi connectivity index (χ1) is 9.08. The summed E-state index contributed by atoms with van der Waals surface area (Å²) in [6.07, 6.45) is 3.49. The topological polar surface area (TPSA) is 42.0 Å². The van der Waals surface area contributed by atoms with E-state index < -0.39 is 0 Å². The lowest BCUT2D eigenvalue weighted by atomic mass is 9.96. The molecule has 1 unspecified atom stereocenters. The van der Waals surface area contributed by atoms with E-state index in [0.29, 0.717) is 5.02 Å². The van der Waals surface area contributed by atoms with Gasteiger partial charge in [0.1, 0.15) is 0 Å². The molecule has 20 heavy (non-hydrogen) atoms. The van der Waals surface area contributed by atoms with Crippen LogP contribution in [-0.4, -0.2) is 10.9 Å². The van der Waals surface area contributed by atoms with Gasteiger partial charge in [0.2, 0.25) is 5.91 Å². The van der Waals surface area contributed by atoms with Gasteiger partial charge in [0.15, 0.2) is 0 Å². The summed E-state index contributed by atoms with van der Waals surface area (Å²) in [5.74, 6) is -0.0619. The SMILES string of the molecule is CC(=O)NC(C)c1cc(Cl)ccc1-c1ccncc1.Cl. The van der Waals surface area contributed by atoms with Crippen LogP contribution in [0.1, 0.15) is 25.5 Å². The standard InChI is InChI=1S/C15H15ClN2O.ClH/c1-10(18-11(2)19)15-9-13(16)3-4-14(15)12-5-7-17-8-6-12;/h3-10H,1-2H3,(H,18,19);1H. The van der Waals surface area contributed by atoms with Crippen molar-refractivity contribution in [1.29, 1.82) is 0 Å². The van der Waals surface area contributed by atoms with E-state index in [4.69, 9.17) is 11.6 Å². The highest BCUT2D eigenvalue weighted by atomic mass is 35.5. The molecule has 1 amide bonds.